The molecule has 3 nitrogen and oxygen atoms in total. The van der Waals surface area contributed by atoms with Crippen LogP contribution in [0.15, 0.2) is 52.5 Å². The van der Waals surface area contributed by atoms with Gasteiger partial charge in [-0.1, -0.05) is 23.7 Å². The molecule has 1 aliphatic heterocycles. The standard InChI is InChI=1S/C15H11ClN2OS/c1-10-14(9-13-6-3-7-20-13)15(19)18(17-10)12-5-2-4-11(16)8-12/h2-9H,1H3. The number of hydrogen-bond acceptors (Lipinski definition) is 3. The van der Waals surface area contributed by atoms with Gasteiger partial charge in [-0.05, 0) is 42.6 Å². The van der Waals surface area contributed by atoms with Crippen LogP contribution < -0.4 is 5.01 Å². The van der Waals surface area contributed by atoms with Crippen LogP contribution in [0.3, 0.4) is 0 Å². The Kier molecular flexibility index (Phi) is 3.42. The van der Waals surface area contributed by atoms with Crippen molar-refractivity contribution in [2.75, 3.05) is 5.01 Å². The van der Waals surface area contributed by atoms with Gasteiger partial charge in [0.25, 0.3) is 5.91 Å². The van der Waals surface area contributed by atoms with E-state index in [1.54, 1.807) is 29.5 Å². The van der Waals surface area contributed by atoms with Crippen molar-refractivity contribution in [1.82, 2.24) is 0 Å². The first-order valence-electron chi connectivity index (χ1n) is 6.06. The molecule has 3 rings (SSSR count). The molecule has 2 heterocycles. The highest BCUT2D eigenvalue weighted by Gasteiger charge is 2.28. The number of hydrazone groups is 1. The van der Waals surface area contributed by atoms with E-state index >= 15 is 0 Å². The summed E-state index contributed by atoms with van der Waals surface area (Å²) in [6.45, 7) is 1.84. The van der Waals surface area contributed by atoms with Crippen LogP contribution >= 0.6 is 22.9 Å². The van der Waals surface area contributed by atoms with E-state index in [1.807, 2.05) is 36.6 Å². The largest absolute Gasteiger partial charge is 0.280 e. The molecular weight excluding hydrogens is 292 g/mol. The van der Waals surface area contributed by atoms with E-state index in [2.05, 4.69) is 5.10 Å². The summed E-state index contributed by atoms with van der Waals surface area (Å²) in [5.41, 5.74) is 2.01. The lowest BCUT2D eigenvalue weighted by molar-refractivity contribution is -0.114. The average molecular weight is 303 g/mol. The fraction of sp³-hybridized carbons (Fsp3) is 0.0667. The van der Waals surface area contributed by atoms with Crippen molar-refractivity contribution in [2.45, 2.75) is 6.92 Å². The first kappa shape index (κ1) is 13.1. The third-order valence-corrected chi connectivity index (χ3v) is 4.00. The maximum Gasteiger partial charge on any atom is 0.280 e. The molecule has 0 fully saturated rings. The number of benzene rings is 1. The molecule has 0 saturated carbocycles. The van der Waals surface area contributed by atoms with Gasteiger partial charge in [0.15, 0.2) is 0 Å². The van der Waals surface area contributed by atoms with Crippen LogP contribution in [0.2, 0.25) is 5.02 Å². The fourth-order valence-corrected chi connectivity index (χ4v) is 2.82. The molecule has 1 amide bonds. The van der Waals surface area contributed by atoms with Gasteiger partial charge >= 0.3 is 0 Å². The van der Waals surface area contributed by atoms with E-state index in [1.165, 1.54) is 5.01 Å². The number of thiophene rings is 1. The van der Waals surface area contributed by atoms with Crippen molar-refractivity contribution in [3.8, 4) is 0 Å². The Balaban J connectivity index is 1.97. The molecule has 1 aromatic carbocycles. The molecule has 1 aromatic heterocycles. The Bertz CT molecular complexity index is 719. The van der Waals surface area contributed by atoms with Crippen molar-refractivity contribution in [3.63, 3.8) is 0 Å². The Morgan fingerprint density at radius 1 is 1.30 bits per heavy atom. The van der Waals surface area contributed by atoms with Crippen molar-refractivity contribution < 1.29 is 4.79 Å². The summed E-state index contributed by atoms with van der Waals surface area (Å²) >= 11 is 7.55. The first-order chi connectivity index (χ1) is 9.65. The van der Waals surface area contributed by atoms with E-state index in [0.717, 1.165) is 4.88 Å². The molecule has 0 radical (unpaired) electrons. The van der Waals surface area contributed by atoms with E-state index in [0.29, 0.717) is 22.0 Å². The Labute approximate surface area is 125 Å². The van der Waals surface area contributed by atoms with E-state index in [4.69, 9.17) is 11.6 Å². The second kappa shape index (κ2) is 5.23. The first-order valence-corrected chi connectivity index (χ1v) is 7.32. The molecule has 0 unspecified atom stereocenters. The van der Waals surface area contributed by atoms with Gasteiger partial charge in [-0.15, -0.1) is 11.3 Å². The maximum atomic E-state index is 12.5. The normalized spacial score (nSPS) is 16.9. The molecule has 2 aromatic rings. The lowest BCUT2D eigenvalue weighted by atomic mass is 10.1. The zero-order valence-electron chi connectivity index (χ0n) is 10.7. The molecular formula is C15H11ClN2OS. The topological polar surface area (TPSA) is 32.7 Å². The summed E-state index contributed by atoms with van der Waals surface area (Å²) in [6, 6.07) is 11.0. The summed E-state index contributed by atoms with van der Waals surface area (Å²) in [7, 11) is 0. The second-order valence-electron chi connectivity index (χ2n) is 4.36. The summed E-state index contributed by atoms with van der Waals surface area (Å²) in [6.07, 6.45) is 1.87. The van der Waals surface area contributed by atoms with Crippen molar-refractivity contribution >= 4 is 46.3 Å². The second-order valence-corrected chi connectivity index (χ2v) is 5.77. The third kappa shape index (κ3) is 2.40. The fourth-order valence-electron chi connectivity index (χ4n) is 1.98. The van der Waals surface area contributed by atoms with E-state index < -0.39 is 0 Å². The van der Waals surface area contributed by atoms with Gasteiger partial charge in [0, 0.05) is 9.90 Å². The predicted octanol–water partition coefficient (Wildman–Crippen LogP) is 4.21. The third-order valence-electron chi connectivity index (χ3n) is 2.95. The lowest BCUT2D eigenvalue weighted by Crippen LogP contribution is -2.21. The summed E-state index contributed by atoms with van der Waals surface area (Å²) in [4.78, 5) is 13.5. The van der Waals surface area contributed by atoms with Crippen LogP contribution in [-0.2, 0) is 4.79 Å². The summed E-state index contributed by atoms with van der Waals surface area (Å²) in [5.74, 6) is -0.127. The monoisotopic (exact) mass is 302 g/mol. The predicted molar refractivity (Wildman–Crippen MR) is 84.3 cm³/mol. The molecule has 1 aliphatic rings. The minimum Gasteiger partial charge on any atom is -0.267 e. The zero-order valence-corrected chi connectivity index (χ0v) is 12.3. The van der Waals surface area contributed by atoms with Crippen LogP contribution in [0, 0.1) is 0 Å². The minimum atomic E-state index is -0.127. The summed E-state index contributed by atoms with van der Waals surface area (Å²) < 4.78 is 0. The van der Waals surface area contributed by atoms with Gasteiger partial charge in [-0.25, -0.2) is 0 Å². The van der Waals surface area contributed by atoms with Gasteiger partial charge in [0.2, 0.25) is 0 Å². The van der Waals surface area contributed by atoms with Gasteiger partial charge in [-0.2, -0.15) is 10.1 Å². The highest BCUT2D eigenvalue weighted by atomic mass is 35.5. The SMILES string of the molecule is CC1=NN(c2cccc(Cl)c2)C(=O)C1=Cc1cccs1. The molecule has 5 heteroatoms. The van der Waals surface area contributed by atoms with E-state index in [9.17, 15) is 4.79 Å². The Morgan fingerprint density at radius 2 is 2.15 bits per heavy atom. The number of amides is 1. The quantitative estimate of drug-likeness (QED) is 0.765. The Hall–Kier alpha value is -1.91. The molecule has 100 valence electrons. The number of anilines is 1. The zero-order chi connectivity index (χ0) is 14.1. The van der Waals surface area contributed by atoms with Crippen LogP contribution in [0.1, 0.15) is 11.8 Å². The number of rotatable bonds is 2. The molecule has 0 N–H and O–H groups in total. The molecule has 0 atom stereocenters. The minimum absolute atomic E-state index is 0.127. The van der Waals surface area contributed by atoms with Gasteiger partial charge in [-0.3, -0.25) is 4.79 Å². The average Bonchev–Trinajstić information content (AvgIpc) is 3.02. The van der Waals surface area contributed by atoms with Gasteiger partial charge in [0.1, 0.15) is 0 Å². The molecule has 20 heavy (non-hydrogen) atoms. The van der Waals surface area contributed by atoms with Crippen LogP contribution in [-0.4, -0.2) is 11.6 Å². The number of carbonyl (C=O) groups is 1. The highest BCUT2D eigenvalue weighted by molar-refractivity contribution is 7.10. The number of halogens is 1. The van der Waals surface area contributed by atoms with E-state index in [-0.39, 0.29) is 5.91 Å². The number of carbonyl (C=O) groups excluding carboxylic acids is 1. The number of hydrogen-bond donors (Lipinski definition) is 0. The van der Waals surface area contributed by atoms with Gasteiger partial charge < -0.3 is 0 Å². The van der Waals surface area contributed by atoms with Crippen molar-refractivity contribution in [1.29, 1.82) is 0 Å². The summed E-state index contributed by atoms with van der Waals surface area (Å²) in [5, 5.41) is 8.27. The highest BCUT2D eigenvalue weighted by Crippen LogP contribution is 2.27. The smallest absolute Gasteiger partial charge is 0.267 e. The molecule has 0 spiro atoms. The molecule has 0 saturated heterocycles. The van der Waals surface area contributed by atoms with Crippen molar-refractivity contribution in [2.24, 2.45) is 5.10 Å². The van der Waals surface area contributed by atoms with Gasteiger partial charge in [0.05, 0.1) is 17.0 Å². The van der Waals surface area contributed by atoms with Crippen LogP contribution in [0.4, 0.5) is 5.69 Å². The molecule has 0 aliphatic carbocycles. The Morgan fingerprint density at radius 3 is 2.85 bits per heavy atom. The number of nitrogens with zero attached hydrogens (tertiary/aromatic N) is 2. The van der Waals surface area contributed by atoms with Crippen LogP contribution in [0.5, 0.6) is 0 Å². The molecule has 0 bridgehead atoms. The van der Waals surface area contributed by atoms with Crippen LogP contribution in [0.25, 0.3) is 6.08 Å². The lowest BCUT2D eigenvalue weighted by Gasteiger charge is -2.11. The maximum absolute atomic E-state index is 12.5. The van der Waals surface area contributed by atoms with Crippen molar-refractivity contribution in [3.05, 3.63) is 57.3 Å².